The van der Waals surface area contributed by atoms with E-state index in [9.17, 15) is 10.2 Å². The standard InChI is InChI=1S/C18H22N2O2/c21-16-7-11-5-12(16)6-15(11)18(22)17-14(10-1-2-10)4-3-13-8-19-9-20(13)17/h3-4,8-12,15-16,18,21-22H,1-2,5-7H2. The van der Waals surface area contributed by atoms with Gasteiger partial charge in [0, 0.05) is 0 Å². The molecule has 3 aliphatic rings. The van der Waals surface area contributed by atoms with E-state index in [2.05, 4.69) is 21.5 Å². The topological polar surface area (TPSA) is 57.8 Å². The predicted molar refractivity (Wildman–Crippen MR) is 82.5 cm³/mol. The van der Waals surface area contributed by atoms with Gasteiger partial charge >= 0.3 is 0 Å². The molecule has 2 aromatic heterocycles. The molecule has 3 fully saturated rings. The molecule has 5 rings (SSSR count). The maximum Gasteiger partial charge on any atom is 0.0995 e. The van der Waals surface area contributed by atoms with Gasteiger partial charge in [-0.25, -0.2) is 4.98 Å². The maximum absolute atomic E-state index is 11.2. The highest BCUT2D eigenvalue weighted by molar-refractivity contribution is 5.50. The molecule has 0 saturated heterocycles. The highest BCUT2D eigenvalue weighted by Gasteiger charge is 2.48. The van der Waals surface area contributed by atoms with Gasteiger partial charge in [0.15, 0.2) is 0 Å². The van der Waals surface area contributed by atoms with Crippen LogP contribution >= 0.6 is 0 Å². The summed E-state index contributed by atoms with van der Waals surface area (Å²) in [4.78, 5) is 4.26. The SMILES string of the molecule is OC1CC2CC1CC2C(O)c1c(C2CC2)ccc2cncn12. The molecular weight excluding hydrogens is 276 g/mol. The Morgan fingerprint density at radius 3 is 2.68 bits per heavy atom. The number of hydrogen-bond acceptors (Lipinski definition) is 3. The van der Waals surface area contributed by atoms with Crippen molar-refractivity contribution in [1.82, 2.24) is 9.38 Å². The van der Waals surface area contributed by atoms with Crippen LogP contribution in [-0.4, -0.2) is 25.7 Å². The second-order valence-electron chi connectivity index (χ2n) is 7.54. The quantitative estimate of drug-likeness (QED) is 0.916. The summed E-state index contributed by atoms with van der Waals surface area (Å²) in [6, 6.07) is 4.30. The Morgan fingerprint density at radius 2 is 2.00 bits per heavy atom. The fourth-order valence-corrected chi connectivity index (χ4v) is 4.96. The molecule has 2 aromatic rings. The number of fused-ring (bicyclic) bond motifs is 3. The third kappa shape index (κ3) is 1.80. The van der Waals surface area contributed by atoms with E-state index in [0.29, 0.717) is 23.7 Å². The normalized spacial score (nSPS) is 35.4. The third-order valence-electron chi connectivity index (χ3n) is 6.23. The van der Waals surface area contributed by atoms with Crippen molar-refractivity contribution in [2.24, 2.45) is 17.8 Å². The van der Waals surface area contributed by atoms with Crippen molar-refractivity contribution in [2.45, 2.75) is 50.2 Å². The van der Waals surface area contributed by atoms with Gasteiger partial charge in [-0.1, -0.05) is 6.07 Å². The van der Waals surface area contributed by atoms with E-state index in [4.69, 9.17) is 0 Å². The van der Waals surface area contributed by atoms with Crippen LogP contribution in [0.15, 0.2) is 24.7 Å². The first kappa shape index (κ1) is 13.1. The number of aliphatic hydroxyl groups excluding tert-OH is 2. The van der Waals surface area contributed by atoms with E-state index in [1.807, 2.05) is 12.5 Å². The Balaban J connectivity index is 1.57. The van der Waals surface area contributed by atoms with Crippen LogP contribution in [0.1, 0.15) is 55.4 Å². The van der Waals surface area contributed by atoms with Gasteiger partial charge in [0.1, 0.15) is 0 Å². The lowest BCUT2D eigenvalue weighted by Gasteiger charge is -2.30. The zero-order chi connectivity index (χ0) is 14.8. The van der Waals surface area contributed by atoms with Gasteiger partial charge in [0.25, 0.3) is 0 Å². The average molecular weight is 298 g/mol. The van der Waals surface area contributed by atoms with Gasteiger partial charge < -0.3 is 14.6 Å². The van der Waals surface area contributed by atoms with E-state index in [1.54, 1.807) is 0 Å². The Hall–Kier alpha value is -1.39. The van der Waals surface area contributed by atoms with Gasteiger partial charge in [0.2, 0.25) is 0 Å². The summed E-state index contributed by atoms with van der Waals surface area (Å²) in [5, 5.41) is 21.2. The van der Waals surface area contributed by atoms with Crippen LogP contribution in [0, 0.1) is 17.8 Å². The first-order valence-electron chi connectivity index (χ1n) is 8.53. The number of aromatic nitrogens is 2. The van der Waals surface area contributed by atoms with E-state index in [1.165, 1.54) is 18.4 Å². The number of aliphatic hydroxyl groups is 2. The lowest BCUT2D eigenvalue weighted by molar-refractivity contribution is 0.0305. The molecule has 0 amide bonds. The summed E-state index contributed by atoms with van der Waals surface area (Å²) in [6.45, 7) is 0. The Kier molecular flexibility index (Phi) is 2.71. The van der Waals surface area contributed by atoms with Crippen molar-refractivity contribution in [1.29, 1.82) is 0 Å². The van der Waals surface area contributed by atoms with Crippen LogP contribution in [-0.2, 0) is 0 Å². The summed E-state index contributed by atoms with van der Waals surface area (Å²) in [7, 11) is 0. The fraction of sp³-hybridized carbons (Fsp3) is 0.611. The van der Waals surface area contributed by atoms with Crippen LogP contribution in [0.5, 0.6) is 0 Å². The summed E-state index contributed by atoms with van der Waals surface area (Å²) >= 11 is 0. The molecule has 4 heteroatoms. The summed E-state index contributed by atoms with van der Waals surface area (Å²) < 4.78 is 2.08. The molecule has 2 bridgehead atoms. The predicted octanol–water partition coefficient (Wildman–Crippen LogP) is 2.65. The van der Waals surface area contributed by atoms with Crippen LogP contribution in [0.4, 0.5) is 0 Å². The second kappa shape index (κ2) is 4.56. The van der Waals surface area contributed by atoms with Crippen molar-refractivity contribution in [3.05, 3.63) is 35.9 Å². The molecule has 3 aliphatic carbocycles. The first-order valence-corrected chi connectivity index (χ1v) is 8.53. The summed E-state index contributed by atoms with van der Waals surface area (Å²) in [5.74, 6) is 1.77. The van der Waals surface area contributed by atoms with Crippen molar-refractivity contribution < 1.29 is 10.2 Å². The monoisotopic (exact) mass is 298 g/mol. The van der Waals surface area contributed by atoms with Gasteiger partial charge in [-0.2, -0.15) is 0 Å². The van der Waals surface area contributed by atoms with Crippen molar-refractivity contribution in [3.8, 4) is 0 Å². The largest absolute Gasteiger partial charge is 0.393 e. The van der Waals surface area contributed by atoms with Gasteiger partial charge in [0.05, 0.1) is 35.9 Å². The molecule has 0 radical (unpaired) electrons. The van der Waals surface area contributed by atoms with Gasteiger partial charge in [-0.15, -0.1) is 0 Å². The molecule has 2 heterocycles. The Labute approximate surface area is 129 Å². The molecule has 0 spiro atoms. The molecule has 2 N–H and O–H groups in total. The number of imidazole rings is 1. The lowest BCUT2D eigenvalue weighted by atomic mass is 9.81. The Bertz CT molecular complexity index is 719. The molecule has 5 unspecified atom stereocenters. The minimum atomic E-state index is -0.434. The van der Waals surface area contributed by atoms with Crippen molar-refractivity contribution in [2.75, 3.05) is 0 Å². The minimum absolute atomic E-state index is 0.139. The lowest BCUT2D eigenvalue weighted by Crippen LogP contribution is -2.27. The second-order valence-corrected chi connectivity index (χ2v) is 7.54. The van der Waals surface area contributed by atoms with E-state index < -0.39 is 6.10 Å². The van der Waals surface area contributed by atoms with Gasteiger partial charge in [-0.3, -0.25) is 0 Å². The summed E-state index contributed by atoms with van der Waals surface area (Å²) in [6.07, 6.45) is 8.50. The highest BCUT2D eigenvalue weighted by atomic mass is 16.3. The van der Waals surface area contributed by atoms with Crippen LogP contribution in [0.3, 0.4) is 0 Å². The first-order chi connectivity index (χ1) is 10.7. The van der Waals surface area contributed by atoms with Crippen molar-refractivity contribution in [3.63, 3.8) is 0 Å². The maximum atomic E-state index is 11.2. The molecule has 4 nitrogen and oxygen atoms in total. The zero-order valence-electron chi connectivity index (χ0n) is 12.6. The Morgan fingerprint density at radius 1 is 1.14 bits per heavy atom. The molecule has 5 atom stereocenters. The van der Waals surface area contributed by atoms with Crippen LogP contribution in [0.25, 0.3) is 5.52 Å². The molecule has 116 valence electrons. The molecule has 22 heavy (non-hydrogen) atoms. The number of pyridine rings is 1. The number of hydrogen-bond donors (Lipinski definition) is 2. The molecule has 3 saturated carbocycles. The van der Waals surface area contributed by atoms with Crippen LogP contribution in [0.2, 0.25) is 0 Å². The van der Waals surface area contributed by atoms with E-state index in [0.717, 1.165) is 30.5 Å². The van der Waals surface area contributed by atoms with Crippen molar-refractivity contribution >= 4 is 5.52 Å². The zero-order valence-corrected chi connectivity index (χ0v) is 12.6. The van der Waals surface area contributed by atoms with Crippen LogP contribution < -0.4 is 0 Å². The van der Waals surface area contributed by atoms with Gasteiger partial charge in [-0.05, 0) is 67.4 Å². The molecule has 0 aliphatic heterocycles. The average Bonchev–Trinajstić information content (AvgIpc) is 2.94. The summed E-state index contributed by atoms with van der Waals surface area (Å²) in [5.41, 5.74) is 3.42. The third-order valence-corrected chi connectivity index (χ3v) is 6.23. The fourth-order valence-electron chi connectivity index (χ4n) is 4.96. The van der Waals surface area contributed by atoms with E-state index in [-0.39, 0.29) is 6.10 Å². The number of rotatable bonds is 3. The van der Waals surface area contributed by atoms with E-state index >= 15 is 0 Å². The number of nitrogens with zero attached hydrogens (tertiary/aromatic N) is 2. The highest BCUT2D eigenvalue weighted by Crippen LogP contribution is 2.54. The smallest absolute Gasteiger partial charge is 0.0995 e. The molecule has 0 aromatic carbocycles. The molecular formula is C18H22N2O2. The minimum Gasteiger partial charge on any atom is -0.393 e.